The Bertz CT molecular complexity index is 582. The lowest BCUT2D eigenvalue weighted by Gasteiger charge is -2.19. The van der Waals surface area contributed by atoms with Crippen molar-refractivity contribution >= 4 is 22.9 Å². The van der Waals surface area contributed by atoms with Gasteiger partial charge in [-0.05, 0) is 49.2 Å². The molecule has 21 heavy (non-hydrogen) atoms. The lowest BCUT2D eigenvalue weighted by molar-refractivity contribution is 0.411. The van der Waals surface area contributed by atoms with Crippen LogP contribution in [-0.4, -0.2) is 13.7 Å². The van der Waals surface area contributed by atoms with Gasteiger partial charge in [0.1, 0.15) is 5.75 Å². The fraction of sp³-hybridized carbons (Fsp3) is 0.412. The van der Waals surface area contributed by atoms with Crippen LogP contribution in [0.5, 0.6) is 5.75 Å². The van der Waals surface area contributed by atoms with Crippen molar-refractivity contribution in [3.63, 3.8) is 0 Å². The third-order valence-electron chi connectivity index (χ3n) is 3.50. The van der Waals surface area contributed by atoms with Gasteiger partial charge in [0.15, 0.2) is 0 Å². The standard InChI is InChI=1S/C17H22ClNOS/c1-4-9-19-15(11-14-6-8-17(18)21-14)13-5-7-16(20-3)12(2)10-13/h5-8,10,15,19H,4,9,11H2,1-3H3. The highest BCUT2D eigenvalue weighted by molar-refractivity contribution is 7.16. The molecule has 1 unspecified atom stereocenters. The number of aryl methyl sites for hydroxylation is 1. The molecular formula is C17H22ClNOS. The van der Waals surface area contributed by atoms with Gasteiger partial charge in [-0.2, -0.15) is 0 Å². The number of hydrogen-bond donors (Lipinski definition) is 1. The average Bonchev–Trinajstić information content (AvgIpc) is 2.88. The van der Waals surface area contributed by atoms with Crippen LogP contribution in [0.2, 0.25) is 4.34 Å². The van der Waals surface area contributed by atoms with E-state index in [1.165, 1.54) is 16.0 Å². The van der Waals surface area contributed by atoms with Crippen molar-refractivity contribution in [1.82, 2.24) is 5.32 Å². The van der Waals surface area contributed by atoms with Gasteiger partial charge in [0.2, 0.25) is 0 Å². The van der Waals surface area contributed by atoms with Crippen LogP contribution in [0.25, 0.3) is 0 Å². The number of halogens is 1. The molecule has 0 amide bonds. The van der Waals surface area contributed by atoms with E-state index in [2.05, 4.69) is 37.4 Å². The van der Waals surface area contributed by atoms with E-state index in [1.54, 1.807) is 18.4 Å². The van der Waals surface area contributed by atoms with Crippen molar-refractivity contribution in [3.05, 3.63) is 50.7 Å². The summed E-state index contributed by atoms with van der Waals surface area (Å²) in [5.41, 5.74) is 2.47. The Kier molecular flexibility index (Phi) is 6.09. The SMILES string of the molecule is CCCNC(Cc1ccc(Cl)s1)c1ccc(OC)c(C)c1. The van der Waals surface area contributed by atoms with Crippen molar-refractivity contribution in [2.45, 2.75) is 32.7 Å². The quantitative estimate of drug-likeness (QED) is 0.774. The van der Waals surface area contributed by atoms with Crippen LogP contribution in [0.1, 0.15) is 35.4 Å². The van der Waals surface area contributed by atoms with Gasteiger partial charge < -0.3 is 10.1 Å². The van der Waals surface area contributed by atoms with Crippen molar-refractivity contribution in [2.75, 3.05) is 13.7 Å². The monoisotopic (exact) mass is 323 g/mol. The summed E-state index contributed by atoms with van der Waals surface area (Å²) in [5, 5.41) is 3.63. The summed E-state index contributed by atoms with van der Waals surface area (Å²) in [6, 6.07) is 10.8. The van der Waals surface area contributed by atoms with Gasteiger partial charge in [0, 0.05) is 17.3 Å². The summed E-state index contributed by atoms with van der Waals surface area (Å²) in [5.74, 6) is 0.937. The first-order chi connectivity index (χ1) is 10.1. The van der Waals surface area contributed by atoms with Crippen LogP contribution in [-0.2, 0) is 6.42 Å². The van der Waals surface area contributed by atoms with E-state index in [4.69, 9.17) is 16.3 Å². The number of rotatable bonds is 7. The van der Waals surface area contributed by atoms with Gasteiger partial charge in [-0.25, -0.2) is 0 Å². The van der Waals surface area contributed by atoms with Gasteiger partial charge in [-0.1, -0.05) is 30.7 Å². The number of methoxy groups -OCH3 is 1. The first-order valence-corrected chi connectivity index (χ1v) is 8.45. The molecule has 0 saturated carbocycles. The smallest absolute Gasteiger partial charge is 0.121 e. The lowest BCUT2D eigenvalue weighted by atomic mass is 10.00. The number of hydrogen-bond acceptors (Lipinski definition) is 3. The summed E-state index contributed by atoms with van der Waals surface area (Å²) >= 11 is 7.70. The Morgan fingerprint density at radius 3 is 2.67 bits per heavy atom. The molecule has 0 aliphatic heterocycles. The second-order valence-electron chi connectivity index (χ2n) is 5.15. The van der Waals surface area contributed by atoms with Gasteiger partial charge in [0.25, 0.3) is 0 Å². The molecule has 1 atom stereocenters. The van der Waals surface area contributed by atoms with Gasteiger partial charge in [0.05, 0.1) is 11.4 Å². The molecule has 1 N–H and O–H groups in total. The van der Waals surface area contributed by atoms with E-state index in [1.807, 2.05) is 12.1 Å². The normalized spacial score (nSPS) is 12.4. The Morgan fingerprint density at radius 1 is 1.29 bits per heavy atom. The predicted octanol–water partition coefficient (Wildman–Crippen LogP) is 5.00. The summed E-state index contributed by atoms with van der Waals surface area (Å²) in [6.07, 6.45) is 2.08. The van der Waals surface area contributed by atoms with Crippen molar-refractivity contribution < 1.29 is 4.74 Å². The minimum absolute atomic E-state index is 0.310. The van der Waals surface area contributed by atoms with E-state index < -0.39 is 0 Å². The van der Waals surface area contributed by atoms with E-state index in [-0.39, 0.29) is 0 Å². The predicted molar refractivity (Wildman–Crippen MR) is 91.8 cm³/mol. The highest BCUT2D eigenvalue weighted by Gasteiger charge is 2.14. The van der Waals surface area contributed by atoms with Crippen molar-refractivity contribution in [1.29, 1.82) is 0 Å². The third kappa shape index (κ3) is 4.47. The van der Waals surface area contributed by atoms with E-state index in [0.29, 0.717) is 6.04 Å². The first kappa shape index (κ1) is 16.3. The molecule has 0 saturated heterocycles. The lowest BCUT2D eigenvalue weighted by Crippen LogP contribution is -2.23. The third-order valence-corrected chi connectivity index (χ3v) is 4.75. The molecule has 4 heteroatoms. The van der Waals surface area contributed by atoms with Crippen molar-refractivity contribution in [2.24, 2.45) is 0 Å². The maximum Gasteiger partial charge on any atom is 0.121 e. The number of ether oxygens (including phenoxy) is 1. The summed E-state index contributed by atoms with van der Waals surface area (Å²) in [7, 11) is 1.71. The second-order valence-corrected chi connectivity index (χ2v) is 6.95. The highest BCUT2D eigenvalue weighted by Crippen LogP contribution is 2.28. The van der Waals surface area contributed by atoms with E-state index in [0.717, 1.165) is 29.5 Å². The molecule has 0 spiro atoms. The topological polar surface area (TPSA) is 21.3 Å². The Hall–Kier alpha value is -1.03. The summed E-state index contributed by atoms with van der Waals surface area (Å²) in [4.78, 5) is 1.31. The molecule has 1 aromatic heterocycles. The summed E-state index contributed by atoms with van der Waals surface area (Å²) < 4.78 is 6.20. The fourth-order valence-corrected chi connectivity index (χ4v) is 3.54. The van der Waals surface area contributed by atoms with Gasteiger partial charge in [-0.15, -0.1) is 11.3 Å². The molecule has 0 aliphatic rings. The molecule has 0 fully saturated rings. The number of nitrogens with one attached hydrogen (secondary N) is 1. The number of thiophene rings is 1. The Balaban J connectivity index is 2.20. The first-order valence-electron chi connectivity index (χ1n) is 7.26. The van der Waals surface area contributed by atoms with Crippen LogP contribution < -0.4 is 10.1 Å². The molecule has 1 heterocycles. The zero-order valence-corrected chi connectivity index (χ0v) is 14.4. The Labute approximate surface area is 136 Å². The van der Waals surface area contributed by atoms with Crippen molar-refractivity contribution in [3.8, 4) is 5.75 Å². The van der Waals surface area contributed by atoms with Crippen LogP contribution in [0.15, 0.2) is 30.3 Å². The fourth-order valence-electron chi connectivity index (χ4n) is 2.41. The molecule has 2 rings (SSSR count). The van der Waals surface area contributed by atoms with Crippen LogP contribution in [0, 0.1) is 6.92 Å². The second kappa shape index (κ2) is 7.83. The van der Waals surface area contributed by atoms with Gasteiger partial charge >= 0.3 is 0 Å². The average molecular weight is 324 g/mol. The maximum absolute atomic E-state index is 6.04. The molecule has 2 aromatic rings. The van der Waals surface area contributed by atoms with E-state index >= 15 is 0 Å². The van der Waals surface area contributed by atoms with Crippen LogP contribution >= 0.6 is 22.9 Å². The van der Waals surface area contributed by atoms with Crippen LogP contribution in [0.3, 0.4) is 0 Å². The number of benzene rings is 1. The van der Waals surface area contributed by atoms with Gasteiger partial charge in [-0.3, -0.25) is 0 Å². The zero-order chi connectivity index (χ0) is 15.2. The molecule has 0 bridgehead atoms. The summed E-state index contributed by atoms with van der Waals surface area (Å²) in [6.45, 7) is 5.28. The minimum atomic E-state index is 0.310. The zero-order valence-electron chi connectivity index (χ0n) is 12.8. The molecular weight excluding hydrogens is 302 g/mol. The molecule has 114 valence electrons. The molecule has 1 aromatic carbocycles. The van der Waals surface area contributed by atoms with E-state index in [9.17, 15) is 0 Å². The minimum Gasteiger partial charge on any atom is -0.496 e. The molecule has 0 aliphatic carbocycles. The van der Waals surface area contributed by atoms with Crippen LogP contribution in [0.4, 0.5) is 0 Å². The largest absolute Gasteiger partial charge is 0.496 e. The maximum atomic E-state index is 6.04. The molecule has 0 radical (unpaired) electrons. The highest BCUT2D eigenvalue weighted by atomic mass is 35.5. The molecule has 2 nitrogen and oxygen atoms in total. The Morgan fingerprint density at radius 2 is 2.10 bits per heavy atom.